The average molecular weight is 706 g/mol. The number of benzene rings is 1. The minimum atomic E-state index is -10.7. The Balaban J connectivity index is -0.000000336. The van der Waals surface area contributed by atoms with Gasteiger partial charge in [-0.15, -0.1) is 0 Å². The summed E-state index contributed by atoms with van der Waals surface area (Å²) in [5, 5.41) is 14.6. The predicted molar refractivity (Wildman–Crippen MR) is 136 cm³/mol. The number of nitrogens with zero attached hydrogens (tertiary/aromatic N) is 6. The minimum Gasteiger partial charge on any atom is 2.00 e. The van der Waals surface area contributed by atoms with Gasteiger partial charge in [0.2, 0.25) is 12.7 Å². The van der Waals surface area contributed by atoms with Crippen LogP contribution in [0.3, 0.4) is 0 Å². The third-order valence-electron chi connectivity index (χ3n) is 4.05. The van der Waals surface area contributed by atoms with Crippen LogP contribution in [0.1, 0.15) is 53.4 Å². The van der Waals surface area contributed by atoms with Crippen molar-refractivity contribution in [2.75, 3.05) is 0 Å². The van der Waals surface area contributed by atoms with E-state index in [1.54, 1.807) is 12.1 Å². The number of unbranched alkanes of at least 4 members (excludes halogenated alkanes) is 2. The molecule has 42 heavy (non-hydrogen) atoms. The van der Waals surface area contributed by atoms with Gasteiger partial charge in [0, 0.05) is 38.6 Å². The zero-order valence-electron chi connectivity index (χ0n) is 23.4. The van der Waals surface area contributed by atoms with Crippen LogP contribution in [0, 0.1) is 54.7 Å². The standard InChI is InChI=1S/C20H25N4.2C2H3N.2CO.F6P.Ru/c1-3-5-10-21-12-14-23(17-21)19-8-7-9-20(16-19)24-15-13-22(18-24)11-6-4-2;2*1-2-3;2*1-2;1-7(2,3,4,5)6;/h7-9,12-15H,3-6,10-11H2,1-2H3;2*1H3;;;;/q-1;;;;;-1;+2. The Labute approximate surface area is 255 Å². The Morgan fingerprint density at radius 3 is 1.33 bits per heavy atom. The number of hydrogen-bond donors (Lipinski definition) is 0. The zero-order valence-corrected chi connectivity index (χ0v) is 26.0. The molecule has 2 aromatic heterocycles. The van der Waals surface area contributed by atoms with E-state index < -0.39 is 7.81 Å². The second-order valence-electron chi connectivity index (χ2n) is 7.46. The molecule has 3 rings (SSSR count). The van der Waals surface area contributed by atoms with Crippen molar-refractivity contribution in [2.24, 2.45) is 0 Å². The second-order valence-corrected chi connectivity index (χ2v) is 9.37. The first-order valence-electron chi connectivity index (χ1n) is 11.7. The first-order valence-corrected chi connectivity index (χ1v) is 13.7. The molecular weight excluding hydrogens is 674 g/mol. The van der Waals surface area contributed by atoms with Gasteiger partial charge >= 0.3 is 75.1 Å². The summed E-state index contributed by atoms with van der Waals surface area (Å²) in [5.74, 6) is 0. The van der Waals surface area contributed by atoms with Gasteiger partial charge < -0.3 is 18.3 Å². The maximum atomic E-state index is 9.87. The number of imidazole rings is 2. The Hall–Kier alpha value is -3.27. The van der Waals surface area contributed by atoms with Crippen LogP contribution in [-0.2, 0) is 41.9 Å². The van der Waals surface area contributed by atoms with Crippen molar-refractivity contribution in [3.05, 3.63) is 75.0 Å². The van der Waals surface area contributed by atoms with Crippen LogP contribution in [0.4, 0.5) is 25.2 Å². The van der Waals surface area contributed by atoms with Crippen LogP contribution >= 0.6 is 7.81 Å². The molecule has 0 radical (unpaired) electrons. The van der Waals surface area contributed by atoms with Crippen LogP contribution in [0.5, 0.6) is 0 Å². The topological polar surface area (TPSA) is 105 Å². The van der Waals surface area contributed by atoms with E-state index in [0.717, 1.165) is 24.5 Å². The molecule has 1 aromatic carbocycles. The van der Waals surface area contributed by atoms with Crippen LogP contribution < -0.4 is 9.13 Å². The number of aryl methyl sites for hydroxylation is 2. The Morgan fingerprint density at radius 1 is 0.786 bits per heavy atom. The Bertz CT molecular complexity index is 1170. The van der Waals surface area contributed by atoms with E-state index in [1.807, 2.05) is 21.5 Å². The smallest absolute Gasteiger partial charge is 2.00 e. The fourth-order valence-electron chi connectivity index (χ4n) is 2.60. The van der Waals surface area contributed by atoms with Crippen molar-refractivity contribution in [3.63, 3.8) is 0 Å². The molecular formula is C26H31F6N6O2PRu. The van der Waals surface area contributed by atoms with Crippen LogP contribution in [0.15, 0.2) is 43.0 Å². The Morgan fingerprint density at radius 2 is 1.07 bits per heavy atom. The van der Waals surface area contributed by atoms with Crippen molar-refractivity contribution in [1.82, 2.24) is 9.13 Å². The number of aromatic nitrogens is 4. The fourth-order valence-corrected chi connectivity index (χ4v) is 2.60. The van der Waals surface area contributed by atoms with Crippen LogP contribution in [0.25, 0.3) is 11.4 Å². The number of rotatable bonds is 8. The summed E-state index contributed by atoms with van der Waals surface area (Å²) in [6, 6.07) is 13.1. The van der Waals surface area contributed by atoms with Gasteiger partial charge in [-0.1, -0.05) is 38.1 Å². The zero-order chi connectivity index (χ0) is 32.6. The van der Waals surface area contributed by atoms with E-state index in [-0.39, 0.29) is 19.5 Å². The number of halogens is 6. The van der Waals surface area contributed by atoms with E-state index in [0.29, 0.717) is 0 Å². The summed E-state index contributed by atoms with van der Waals surface area (Å²) < 4.78 is 82.4. The van der Waals surface area contributed by atoms with Gasteiger partial charge in [0.15, 0.2) is 0 Å². The van der Waals surface area contributed by atoms with Crippen molar-refractivity contribution in [1.29, 1.82) is 10.5 Å². The predicted octanol–water partition coefficient (Wildman–Crippen LogP) is 7.21. The summed E-state index contributed by atoms with van der Waals surface area (Å²) in [4.78, 5) is 0. The molecule has 0 fully saturated rings. The molecule has 16 heteroatoms. The maximum absolute atomic E-state index is 10.7. The molecule has 0 aliphatic heterocycles. The largest absolute Gasteiger partial charge is 2.00 e. The molecule has 0 saturated carbocycles. The SMILES string of the molecule is CC#N.CC#N.CCCC[n+]1[c-]n(-c2[c-]c(-n3[c-][n+](CCCC)cc3)ccc2)cc1.F[P-](F)(F)(F)(F)F.[C-]#[O+].[C-]#[O+].[Ru+2]. The second kappa shape index (κ2) is 22.3. The first kappa shape index (κ1) is 45.7. The summed E-state index contributed by atoms with van der Waals surface area (Å²) in [6.45, 7) is 18.3. The number of nitriles is 2. The van der Waals surface area contributed by atoms with Crippen LogP contribution in [0.2, 0.25) is 0 Å². The van der Waals surface area contributed by atoms with E-state index in [2.05, 4.69) is 85.6 Å². The van der Waals surface area contributed by atoms with E-state index in [9.17, 15) is 25.2 Å². The quantitative estimate of drug-likeness (QED) is 0.0618. The van der Waals surface area contributed by atoms with Crippen molar-refractivity contribution >= 4 is 7.81 Å². The molecule has 0 bridgehead atoms. The van der Waals surface area contributed by atoms with Gasteiger partial charge in [-0.25, -0.2) is 0 Å². The van der Waals surface area contributed by atoms with Crippen molar-refractivity contribution < 1.29 is 63.1 Å². The molecule has 0 atom stereocenters. The average Bonchev–Trinajstić information content (AvgIpc) is 3.58. The van der Waals surface area contributed by atoms with E-state index in [4.69, 9.17) is 19.8 Å². The number of hydrogen-bond acceptors (Lipinski definition) is 2. The first-order chi connectivity index (χ1) is 19.1. The van der Waals surface area contributed by atoms with Crippen molar-refractivity contribution in [2.45, 2.75) is 66.5 Å². The molecule has 232 valence electrons. The third kappa shape index (κ3) is 28.3. The normalized spacial score (nSPS) is 10.7. The summed E-state index contributed by atoms with van der Waals surface area (Å²) in [5.41, 5.74) is 1.98. The summed E-state index contributed by atoms with van der Waals surface area (Å²) in [7, 11) is -10.7. The third-order valence-corrected chi connectivity index (χ3v) is 4.05. The maximum Gasteiger partial charge on any atom is 2.00 e. The van der Waals surface area contributed by atoms with Crippen molar-refractivity contribution in [3.8, 4) is 23.5 Å². The van der Waals surface area contributed by atoms with E-state index in [1.165, 1.54) is 39.5 Å². The van der Waals surface area contributed by atoms with Gasteiger partial charge in [-0.3, -0.25) is 0 Å². The van der Waals surface area contributed by atoms with Gasteiger partial charge in [0.1, 0.15) is 0 Å². The fraction of sp³-hybridized carbons (Fsp3) is 0.385. The molecule has 2 heterocycles. The molecule has 0 aliphatic rings. The van der Waals surface area contributed by atoms with Gasteiger partial charge in [0.05, 0.1) is 25.2 Å². The molecule has 3 aromatic rings. The summed E-state index contributed by atoms with van der Waals surface area (Å²) >= 11 is 0. The summed E-state index contributed by atoms with van der Waals surface area (Å²) in [6.07, 6.45) is 19.6. The monoisotopic (exact) mass is 706 g/mol. The molecule has 0 amide bonds. The van der Waals surface area contributed by atoms with Gasteiger partial charge in [-0.05, 0) is 12.8 Å². The molecule has 0 N–H and O–H groups in total. The van der Waals surface area contributed by atoms with E-state index >= 15 is 0 Å². The molecule has 8 nitrogen and oxygen atoms in total. The molecule has 0 saturated heterocycles. The molecule has 0 aliphatic carbocycles. The minimum absolute atomic E-state index is 0. The van der Waals surface area contributed by atoms with Gasteiger partial charge in [0.25, 0.3) is 0 Å². The Kier molecular flexibility index (Phi) is 24.3. The molecule has 0 spiro atoms. The molecule has 0 unspecified atom stereocenters. The van der Waals surface area contributed by atoms with Gasteiger partial charge in [-0.2, -0.15) is 34.8 Å². The van der Waals surface area contributed by atoms with Crippen LogP contribution in [-0.4, -0.2) is 9.13 Å².